The molecule has 0 saturated heterocycles. The van der Waals surface area contributed by atoms with Crippen molar-refractivity contribution in [1.29, 1.82) is 10.5 Å². The normalized spacial score (nSPS) is 22.2. The highest BCUT2D eigenvalue weighted by atomic mass is 35.5. The first-order valence-corrected chi connectivity index (χ1v) is 7.04. The Hall–Kier alpha value is -2.89. The molecule has 0 spiro atoms. The van der Waals surface area contributed by atoms with Gasteiger partial charge >= 0.3 is 0 Å². The average molecular weight is 306 g/mol. The molecule has 2 aromatic rings. The fourth-order valence-electron chi connectivity index (χ4n) is 2.89. The van der Waals surface area contributed by atoms with E-state index in [1.54, 1.807) is 17.2 Å². The van der Waals surface area contributed by atoms with Crippen molar-refractivity contribution >= 4 is 28.5 Å². The van der Waals surface area contributed by atoms with Gasteiger partial charge in [0.15, 0.2) is 5.82 Å². The summed E-state index contributed by atoms with van der Waals surface area (Å²) in [7, 11) is 0. The number of halogens is 1. The van der Waals surface area contributed by atoms with Crippen molar-refractivity contribution in [3.05, 3.63) is 52.8 Å². The van der Waals surface area contributed by atoms with E-state index < -0.39 is 5.92 Å². The third-order valence-electron chi connectivity index (χ3n) is 3.85. The maximum atomic E-state index is 9.55. The smallest absolute Gasteiger partial charge is 0.157 e. The zero-order chi connectivity index (χ0) is 15.3. The van der Waals surface area contributed by atoms with Gasteiger partial charge in [-0.2, -0.15) is 10.5 Å². The quantitative estimate of drug-likeness (QED) is 0.748. The summed E-state index contributed by atoms with van der Waals surface area (Å²) >= 11 is 6.31. The van der Waals surface area contributed by atoms with Crippen LogP contribution in [0.3, 0.4) is 0 Å². The second-order valence-corrected chi connectivity index (χ2v) is 5.54. The van der Waals surface area contributed by atoms with Crippen molar-refractivity contribution in [3.63, 3.8) is 0 Å². The van der Waals surface area contributed by atoms with E-state index >= 15 is 0 Å². The predicted octanol–water partition coefficient (Wildman–Crippen LogP) is 2.97. The van der Waals surface area contributed by atoms with Crippen molar-refractivity contribution in [2.45, 2.75) is 12.0 Å². The minimum Gasteiger partial charge on any atom is -0.320 e. The minimum atomic E-state index is -0.507. The highest BCUT2D eigenvalue weighted by Crippen LogP contribution is 2.45. The number of fused-ring (bicyclic) bond motifs is 4. The van der Waals surface area contributed by atoms with E-state index in [-0.39, 0.29) is 6.04 Å². The van der Waals surface area contributed by atoms with Crippen LogP contribution in [-0.2, 0) is 0 Å². The van der Waals surface area contributed by atoms with Crippen molar-refractivity contribution < 1.29 is 0 Å². The molecule has 0 aliphatic carbocycles. The Labute approximate surface area is 131 Å². The maximum Gasteiger partial charge on any atom is 0.157 e. The lowest BCUT2D eigenvalue weighted by atomic mass is 9.98. The Morgan fingerprint density at radius 3 is 2.55 bits per heavy atom. The van der Waals surface area contributed by atoms with E-state index in [0.29, 0.717) is 22.1 Å². The first-order valence-electron chi connectivity index (χ1n) is 6.66. The SMILES string of the molecule is N#CC1=CN2c3nc4ccccc4nc3C(C#N)C2C(Cl)=C1. The van der Waals surface area contributed by atoms with Gasteiger partial charge in [-0.25, -0.2) is 9.97 Å². The van der Waals surface area contributed by atoms with Gasteiger partial charge in [-0.05, 0) is 18.2 Å². The number of hydrogen-bond donors (Lipinski definition) is 0. The molecule has 2 aliphatic rings. The largest absolute Gasteiger partial charge is 0.320 e. The average Bonchev–Trinajstić information content (AvgIpc) is 2.86. The molecule has 0 saturated carbocycles. The summed E-state index contributed by atoms with van der Waals surface area (Å²) in [5.74, 6) is 0.0848. The van der Waals surface area contributed by atoms with E-state index in [1.807, 2.05) is 24.3 Å². The Morgan fingerprint density at radius 1 is 1.14 bits per heavy atom. The highest BCUT2D eigenvalue weighted by Gasteiger charge is 2.44. The summed E-state index contributed by atoms with van der Waals surface area (Å²) in [6.07, 6.45) is 3.27. The molecule has 2 atom stereocenters. The maximum absolute atomic E-state index is 9.55. The van der Waals surface area contributed by atoms with E-state index in [1.165, 1.54) is 0 Å². The fourth-order valence-corrected chi connectivity index (χ4v) is 3.24. The molecule has 6 heteroatoms. The first-order chi connectivity index (χ1) is 10.7. The van der Waals surface area contributed by atoms with E-state index in [0.717, 1.165) is 11.0 Å². The second kappa shape index (κ2) is 4.56. The summed E-state index contributed by atoms with van der Waals surface area (Å²) < 4.78 is 0. The molecule has 2 aliphatic heterocycles. The van der Waals surface area contributed by atoms with Crippen molar-refractivity contribution in [1.82, 2.24) is 9.97 Å². The third-order valence-corrected chi connectivity index (χ3v) is 4.19. The number of anilines is 1. The van der Waals surface area contributed by atoms with Crippen LogP contribution in [0.5, 0.6) is 0 Å². The van der Waals surface area contributed by atoms with Gasteiger partial charge < -0.3 is 4.90 Å². The van der Waals surface area contributed by atoms with Crippen LogP contribution in [0.15, 0.2) is 47.1 Å². The lowest BCUT2D eigenvalue weighted by Gasteiger charge is -2.26. The standard InChI is InChI=1S/C16H8ClN5/c17-11-5-9(6-18)8-22-15(11)10(7-19)14-16(22)21-13-4-2-1-3-12(13)20-14/h1-5,8,10,15H. The number of allylic oxidation sites excluding steroid dienone is 2. The van der Waals surface area contributed by atoms with E-state index in [2.05, 4.69) is 22.1 Å². The molecule has 0 radical (unpaired) electrons. The Kier molecular flexibility index (Phi) is 2.66. The Balaban J connectivity index is 2.00. The molecule has 5 nitrogen and oxygen atoms in total. The summed E-state index contributed by atoms with van der Waals surface area (Å²) in [6.45, 7) is 0. The zero-order valence-electron chi connectivity index (χ0n) is 11.2. The summed E-state index contributed by atoms with van der Waals surface area (Å²) in [5, 5.41) is 19.1. The molecule has 2 unspecified atom stereocenters. The molecule has 22 heavy (non-hydrogen) atoms. The molecule has 4 rings (SSSR count). The Bertz CT molecular complexity index is 947. The molecule has 0 N–H and O–H groups in total. The number of nitrogens with zero attached hydrogens (tertiary/aromatic N) is 5. The van der Waals surface area contributed by atoms with Gasteiger partial charge in [0, 0.05) is 11.2 Å². The van der Waals surface area contributed by atoms with E-state index in [9.17, 15) is 5.26 Å². The van der Waals surface area contributed by atoms with Crippen LogP contribution in [0.2, 0.25) is 0 Å². The summed E-state index contributed by atoms with van der Waals surface area (Å²) in [4.78, 5) is 11.0. The van der Waals surface area contributed by atoms with Crippen molar-refractivity contribution in [2.24, 2.45) is 0 Å². The fraction of sp³-hybridized carbons (Fsp3) is 0.125. The lowest BCUT2D eigenvalue weighted by molar-refractivity contribution is 0.728. The molecule has 104 valence electrons. The Morgan fingerprint density at radius 2 is 1.86 bits per heavy atom. The van der Waals surface area contributed by atoms with Gasteiger partial charge in [0.1, 0.15) is 17.7 Å². The third kappa shape index (κ3) is 1.64. The van der Waals surface area contributed by atoms with Gasteiger partial charge in [-0.1, -0.05) is 23.7 Å². The van der Waals surface area contributed by atoms with Crippen molar-refractivity contribution in [3.8, 4) is 12.1 Å². The van der Waals surface area contributed by atoms with Gasteiger partial charge in [0.2, 0.25) is 0 Å². The summed E-state index contributed by atoms with van der Waals surface area (Å²) in [6, 6.07) is 11.5. The number of hydrogen-bond acceptors (Lipinski definition) is 5. The molecule has 3 heterocycles. The lowest BCUT2D eigenvalue weighted by Crippen LogP contribution is -2.32. The van der Waals surface area contributed by atoms with Crippen LogP contribution in [0.1, 0.15) is 11.6 Å². The number of nitriles is 2. The number of aromatic nitrogens is 2. The summed E-state index contributed by atoms with van der Waals surface area (Å²) in [5.41, 5.74) is 2.52. The van der Waals surface area contributed by atoms with Crippen LogP contribution >= 0.6 is 11.6 Å². The monoisotopic (exact) mass is 305 g/mol. The zero-order valence-corrected chi connectivity index (χ0v) is 12.0. The second-order valence-electron chi connectivity index (χ2n) is 5.11. The van der Waals surface area contributed by atoms with Crippen LogP contribution in [-0.4, -0.2) is 16.0 Å². The topological polar surface area (TPSA) is 76.6 Å². The molecule has 1 aromatic heterocycles. The van der Waals surface area contributed by atoms with Crippen LogP contribution in [0, 0.1) is 22.7 Å². The number of benzene rings is 1. The first kappa shape index (κ1) is 12.8. The molecule has 0 bridgehead atoms. The van der Waals surface area contributed by atoms with E-state index in [4.69, 9.17) is 16.9 Å². The minimum absolute atomic E-state index is 0.365. The van der Waals surface area contributed by atoms with Crippen LogP contribution in [0.25, 0.3) is 11.0 Å². The van der Waals surface area contributed by atoms with Gasteiger partial charge in [0.25, 0.3) is 0 Å². The predicted molar refractivity (Wildman–Crippen MR) is 81.8 cm³/mol. The number of para-hydroxylation sites is 2. The highest BCUT2D eigenvalue weighted by molar-refractivity contribution is 6.31. The molecule has 0 amide bonds. The van der Waals surface area contributed by atoms with Gasteiger partial charge in [-0.3, -0.25) is 0 Å². The van der Waals surface area contributed by atoms with Crippen LogP contribution < -0.4 is 4.90 Å². The number of rotatable bonds is 0. The van der Waals surface area contributed by atoms with Gasteiger partial charge in [-0.15, -0.1) is 0 Å². The molecule has 0 fully saturated rings. The van der Waals surface area contributed by atoms with Crippen LogP contribution in [0.4, 0.5) is 5.82 Å². The van der Waals surface area contributed by atoms with Gasteiger partial charge in [0.05, 0.1) is 28.7 Å². The molecular formula is C16H8ClN5. The van der Waals surface area contributed by atoms with Crippen molar-refractivity contribution in [2.75, 3.05) is 4.90 Å². The molecule has 1 aromatic carbocycles. The molecular weight excluding hydrogens is 298 g/mol.